The van der Waals surface area contributed by atoms with Gasteiger partial charge in [-0.05, 0) is 50.3 Å². The first-order valence-corrected chi connectivity index (χ1v) is 7.46. The molecule has 1 aromatic rings. The number of benzene rings is 1. The van der Waals surface area contributed by atoms with Gasteiger partial charge in [0.15, 0.2) is 0 Å². The predicted octanol–water partition coefficient (Wildman–Crippen LogP) is 4.21. The molecule has 0 heterocycles. The first kappa shape index (κ1) is 14.1. The van der Waals surface area contributed by atoms with Crippen LogP contribution < -0.4 is 0 Å². The van der Waals surface area contributed by atoms with E-state index < -0.39 is 0 Å². The number of carbonyl (C=O) groups is 1. The zero-order chi connectivity index (χ0) is 13.8. The molecule has 19 heavy (non-hydrogen) atoms. The third kappa shape index (κ3) is 3.37. The van der Waals surface area contributed by atoms with E-state index in [0.29, 0.717) is 5.92 Å². The van der Waals surface area contributed by atoms with E-state index in [2.05, 4.69) is 12.1 Å². The molecule has 104 valence electrons. The van der Waals surface area contributed by atoms with Crippen LogP contribution in [0.4, 0.5) is 0 Å². The monoisotopic (exact) mass is 259 g/mol. The highest BCUT2D eigenvalue weighted by Crippen LogP contribution is 2.32. The van der Waals surface area contributed by atoms with Gasteiger partial charge in [0.1, 0.15) is 0 Å². The Hall–Kier alpha value is -1.31. The molecule has 0 bridgehead atoms. The molecule has 0 atom stereocenters. The van der Waals surface area contributed by atoms with Crippen LogP contribution >= 0.6 is 0 Å². The molecule has 2 nitrogen and oxygen atoms in total. The second-order valence-electron chi connectivity index (χ2n) is 5.97. The molecule has 1 aliphatic carbocycles. The van der Waals surface area contributed by atoms with Gasteiger partial charge >= 0.3 is 0 Å². The molecule has 1 amide bonds. The summed E-state index contributed by atoms with van der Waals surface area (Å²) in [7, 11) is 1.86. The van der Waals surface area contributed by atoms with E-state index in [0.717, 1.165) is 5.56 Å². The Balaban J connectivity index is 2.07. The van der Waals surface area contributed by atoms with Crippen LogP contribution in [0.1, 0.15) is 67.8 Å². The molecule has 1 fully saturated rings. The van der Waals surface area contributed by atoms with Crippen molar-refractivity contribution in [1.29, 1.82) is 0 Å². The number of hydrogen-bond acceptors (Lipinski definition) is 1. The van der Waals surface area contributed by atoms with Crippen LogP contribution in [0.25, 0.3) is 0 Å². The van der Waals surface area contributed by atoms with E-state index in [-0.39, 0.29) is 11.9 Å². The van der Waals surface area contributed by atoms with Gasteiger partial charge in [-0.25, -0.2) is 0 Å². The van der Waals surface area contributed by atoms with Crippen molar-refractivity contribution in [2.45, 2.75) is 57.9 Å². The summed E-state index contributed by atoms with van der Waals surface area (Å²) in [6.45, 7) is 4.07. The average molecular weight is 259 g/mol. The van der Waals surface area contributed by atoms with Gasteiger partial charge < -0.3 is 4.90 Å². The third-order valence-corrected chi connectivity index (χ3v) is 4.33. The summed E-state index contributed by atoms with van der Waals surface area (Å²) in [6, 6.07) is 8.52. The van der Waals surface area contributed by atoms with Crippen LogP contribution in [-0.4, -0.2) is 23.9 Å². The molecular formula is C17H25NO. The zero-order valence-corrected chi connectivity index (χ0v) is 12.4. The van der Waals surface area contributed by atoms with Gasteiger partial charge in [0.2, 0.25) is 0 Å². The molecule has 0 N–H and O–H groups in total. The highest BCUT2D eigenvalue weighted by atomic mass is 16.2. The molecule has 1 saturated carbocycles. The van der Waals surface area contributed by atoms with E-state index in [1.54, 1.807) is 4.90 Å². The third-order valence-electron chi connectivity index (χ3n) is 4.33. The first-order chi connectivity index (χ1) is 9.09. The second kappa shape index (κ2) is 6.23. The summed E-state index contributed by atoms with van der Waals surface area (Å²) < 4.78 is 0. The quantitative estimate of drug-likeness (QED) is 0.796. The largest absolute Gasteiger partial charge is 0.339 e. The molecule has 0 radical (unpaired) electrons. The minimum Gasteiger partial charge on any atom is -0.339 e. The molecule has 2 rings (SSSR count). The van der Waals surface area contributed by atoms with Crippen LogP contribution in [0.3, 0.4) is 0 Å². The summed E-state index contributed by atoms with van der Waals surface area (Å²) >= 11 is 0. The molecular weight excluding hydrogens is 234 g/mol. The van der Waals surface area contributed by atoms with Crippen molar-refractivity contribution >= 4 is 5.91 Å². The summed E-state index contributed by atoms with van der Waals surface area (Å²) in [4.78, 5) is 14.0. The van der Waals surface area contributed by atoms with Crippen molar-refractivity contribution in [3.63, 3.8) is 0 Å². The molecule has 1 aliphatic rings. The van der Waals surface area contributed by atoms with Crippen LogP contribution in [0.15, 0.2) is 24.3 Å². The topological polar surface area (TPSA) is 20.3 Å². The Kier molecular flexibility index (Phi) is 4.62. The molecule has 0 saturated heterocycles. The minimum absolute atomic E-state index is 0.116. The maximum absolute atomic E-state index is 12.2. The number of carbonyl (C=O) groups excluding carboxylic acids is 1. The fourth-order valence-corrected chi connectivity index (χ4v) is 2.77. The first-order valence-electron chi connectivity index (χ1n) is 7.46. The Morgan fingerprint density at radius 3 is 2.21 bits per heavy atom. The van der Waals surface area contributed by atoms with E-state index in [1.807, 2.05) is 33.0 Å². The van der Waals surface area contributed by atoms with Gasteiger partial charge in [-0.15, -0.1) is 0 Å². The van der Waals surface area contributed by atoms with Crippen LogP contribution in [0, 0.1) is 0 Å². The summed E-state index contributed by atoms with van der Waals surface area (Å²) in [5, 5.41) is 0. The highest BCUT2D eigenvalue weighted by Gasteiger charge is 2.17. The van der Waals surface area contributed by atoms with Crippen molar-refractivity contribution in [1.82, 2.24) is 4.90 Å². The molecule has 1 aromatic carbocycles. The van der Waals surface area contributed by atoms with E-state index >= 15 is 0 Å². The van der Waals surface area contributed by atoms with E-state index in [9.17, 15) is 4.79 Å². The van der Waals surface area contributed by atoms with Crippen LogP contribution in [-0.2, 0) is 0 Å². The normalized spacial score (nSPS) is 16.6. The van der Waals surface area contributed by atoms with Crippen molar-refractivity contribution in [2.75, 3.05) is 7.05 Å². The van der Waals surface area contributed by atoms with Gasteiger partial charge in [0.25, 0.3) is 5.91 Å². The Morgan fingerprint density at radius 1 is 1.11 bits per heavy atom. The summed E-state index contributed by atoms with van der Waals surface area (Å²) in [5.41, 5.74) is 2.21. The number of rotatable bonds is 3. The van der Waals surface area contributed by atoms with Gasteiger partial charge in [0, 0.05) is 18.7 Å². The summed E-state index contributed by atoms with van der Waals surface area (Å²) in [5.74, 6) is 0.825. The Bertz CT molecular complexity index is 415. The average Bonchev–Trinajstić information content (AvgIpc) is 2.46. The number of hydrogen-bond donors (Lipinski definition) is 0. The van der Waals surface area contributed by atoms with Crippen molar-refractivity contribution in [2.24, 2.45) is 0 Å². The maximum Gasteiger partial charge on any atom is 0.253 e. The maximum atomic E-state index is 12.2. The van der Waals surface area contributed by atoms with Crippen LogP contribution in [0.2, 0.25) is 0 Å². The lowest BCUT2D eigenvalue weighted by Crippen LogP contribution is -2.32. The lowest BCUT2D eigenvalue weighted by Gasteiger charge is -2.23. The second-order valence-corrected chi connectivity index (χ2v) is 5.97. The molecule has 0 aliphatic heterocycles. The van der Waals surface area contributed by atoms with Gasteiger partial charge in [0.05, 0.1) is 0 Å². The number of nitrogens with zero attached hydrogens (tertiary/aromatic N) is 1. The van der Waals surface area contributed by atoms with Crippen molar-refractivity contribution < 1.29 is 4.79 Å². The van der Waals surface area contributed by atoms with Crippen molar-refractivity contribution in [3.05, 3.63) is 35.4 Å². The lowest BCUT2D eigenvalue weighted by atomic mass is 9.84. The lowest BCUT2D eigenvalue weighted by molar-refractivity contribution is 0.0755. The highest BCUT2D eigenvalue weighted by molar-refractivity contribution is 5.94. The van der Waals surface area contributed by atoms with E-state index in [4.69, 9.17) is 0 Å². The Labute approximate surface area is 116 Å². The molecule has 0 unspecified atom stereocenters. The van der Waals surface area contributed by atoms with Gasteiger partial charge in [-0.1, -0.05) is 31.4 Å². The van der Waals surface area contributed by atoms with Gasteiger partial charge in [-0.3, -0.25) is 4.79 Å². The zero-order valence-electron chi connectivity index (χ0n) is 12.4. The fraction of sp³-hybridized carbons (Fsp3) is 0.588. The minimum atomic E-state index is 0.116. The summed E-state index contributed by atoms with van der Waals surface area (Å²) in [6.07, 6.45) is 6.69. The SMILES string of the molecule is CC(C)N(C)C(=O)c1ccc(C2CCCCC2)cc1. The van der Waals surface area contributed by atoms with E-state index in [1.165, 1.54) is 37.7 Å². The van der Waals surface area contributed by atoms with Gasteiger partial charge in [-0.2, -0.15) is 0 Å². The number of amides is 1. The molecule has 2 heteroatoms. The molecule has 0 aromatic heterocycles. The van der Waals surface area contributed by atoms with Crippen LogP contribution in [0.5, 0.6) is 0 Å². The molecule has 0 spiro atoms. The smallest absolute Gasteiger partial charge is 0.253 e. The van der Waals surface area contributed by atoms with Crippen molar-refractivity contribution in [3.8, 4) is 0 Å². The Morgan fingerprint density at radius 2 is 1.68 bits per heavy atom. The fourth-order valence-electron chi connectivity index (χ4n) is 2.77. The standard InChI is InChI=1S/C17H25NO/c1-13(2)18(3)17(19)16-11-9-15(10-12-16)14-7-5-4-6-8-14/h9-14H,4-8H2,1-3H3. The predicted molar refractivity (Wildman–Crippen MR) is 79.5 cm³/mol.